The largest absolute Gasteiger partial charge is 0.336 e. The van der Waals surface area contributed by atoms with E-state index in [0.29, 0.717) is 11.1 Å². The van der Waals surface area contributed by atoms with E-state index >= 15 is 0 Å². The molecule has 1 fully saturated rings. The van der Waals surface area contributed by atoms with Gasteiger partial charge in [0.1, 0.15) is 0 Å². The number of hydrogen-bond donors (Lipinski definition) is 1. The third-order valence-corrected chi connectivity index (χ3v) is 4.48. The number of nitrogens with two attached hydrogens (primary N) is 1. The molecule has 1 saturated heterocycles. The molecule has 0 bridgehead atoms. The minimum Gasteiger partial charge on any atom is -0.336 e. The average Bonchev–Trinajstić information content (AvgIpc) is 2.73. The van der Waals surface area contributed by atoms with Gasteiger partial charge >= 0.3 is 0 Å². The van der Waals surface area contributed by atoms with Gasteiger partial charge < -0.3 is 4.90 Å². The number of likely N-dealkylation sites (tertiary alicyclic amines) is 1. The summed E-state index contributed by atoms with van der Waals surface area (Å²) in [6.07, 6.45) is 2.03. The monoisotopic (exact) mass is 282 g/mol. The molecule has 1 atom stereocenters. The lowest BCUT2D eigenvalue weighted by Gasteiger charge is -2.22. The molecule has 1 aromatic carbocycles. The molecule has 1 aliphatic heterocycles. The zero-order valence-corrected chi connectivity index (χ0v) is 11.9. The number of benzene rings is 1. The summed E-state index contributed by atoms with van der Waals surface area (Å²) in [5.74, 6) is -0.0385. The standard InChI is InChI=1S/C13H18N2O3S/c1-9-8-11(19(14,17)18)5-6-12(9)13(16)15-7-3-4-10(15)2/h5-6,8,10H,3-4,7H2,1-2H3,(H2,14,17,18). The molecule has 2 rings (SSSR count). The van der Waals surface area contributed by atoms with E-state index < -0.39 is 10.0 Å². The quantitative estimate of drug-likeness (QED) is 0.887. The lowest BCUT2D eigenvalue weighted by molar-refractivity contribution is 0.0746. The number of primary sulfonamides is 1. The molecular weight excluding hydrogens is 264 g/mol. The highest BCUT2D eigenvalue weighted by atomic mass is 32.2. The first-order chi connectivity index (χ1) is 8.80. The van der Waals surface area contributed by atoms with Crippen molar-refractivity contribution >= 4 is 15.9 Å². The van der Waals surface area contributed by atoms with Crippen molar-refractivity contribution in [2.75, 3.05) is 6.54 Å². The van der Waals surface area contributed by atoms with E-state index in [1.165, 1.54) is 12.1 Å². The zero-order chi connectivity index (χ0) is 14.2. The maximum Gasteiger partial charge on any atom is 0.254 e. The van der Waals surface area contributed by atoms with Crippen molar-refractivity contribution in [1.29, 1.82) is 0 Å². The smallest absolute Gasteiger partial charge is 0.254 e. The molecule has 0 spiro atoms. The molecule has 1 aliphatic rings. The van der Waals surface area contributed by atoms with Crippen LogP contribution in [0.15, 0.2) is 23.1 Å². The van der Waals surface area contributed by atoms with Crippen molar-refractivity contribution in [2.45, 2.75) is 37.6 Å². The highest BCUT2D eigenvalue weighted by Crippen LogP contribution is 2.22. The van der Waals surface area contributed by atoms with E-state index in [4.69, 9.17) is 5.14 Å². The molecule has 2 N–H and O–H groups in total. The van der Waals surface area contributed by atoms with Crippen molar-refractivity contribution in [2.24, 2.45) is 5.14 Å². The van der Waals surface area contributed by atoms with Gasteiger partial charge in [0.05, 0.1) is 4.90 Å². The number of rotatable bonds is 2. The number of amides is 1. The summed E-state index contributed by atoms with van der Waals surface area (Å²) < 4.78 is 22.5. The Bertz CT molecular complexity index is 610. The molecule has 0 aromatic heterocycles. The van der Waals surface area contributed by atoms with Crippen LogP contribution in [0, 0.1) is 6.92 Å². The molecule has 1 unspecified atom stereocenters. The van der Waals surface area contributed by atoms with Gasteiger partial charge in [-0.2, -0.15) is 0 Å². The number of carbonyl (C=O) groups excluding carboxylic acids is 1. The minimum absolute atomic E-state index is 0.0380. The number of nitrogens with zero attached hydrogens (tertiary/aromatic N) is 1. The molecule has 6 heteroatoms. The van der Waals surface area contributed by atoms with Gasteiger partial charge in [-0.1, -0.05) is 0 Å². The Balaban J connectivity index is 2.34. The Labute approximate surface area is 113 Å². The van der Waals surface area contributed by atoms with Gasteiger partial charge in [0.2, 0.25) is 10.0 Å². The Hall–Kier alpha value is -1.40. The predicted octanol–water partition coefficient (Wildman–Crippen LogP) is 1.27. The van der Waals surface area contributed by atoms with Gasteiger partial charge in [-0.3, -0.25) is 4.79 Å². The third-order valence-electron chi connectivity index (χ3n) is 3.57. The van der Waals surface area contributed by atoms with Crippen molar-refractivity contribution in [1.82, 2.24) is 4.90 Å². The second kappa shape index (κ2) is 4.94. The SMILES string of the molecule is Cc1cc(S(N)(=O)=O)ccc1C(=O)N1CCCC1C. The van der Waals surface area contributed by atoms with Crippen LogP contribution in [0.4, 0.5) is 0 Å². The summed E-state index contributed by atoms with van der Waals surface area (Å²) in [7, 11) is -3.72. The Morgan fingerprint density at radius 3 is 2.58 bits per heavy atom. The molecule has 19 heavy (non-hydrogen) atoms. The molecule has 0 radical (unpaired) electrons. The van der Waals surface area contributed by atoms with Crippen LogP contribution >= 0.6 is 0 Å². The van der Waals surface area contributed by atoms with Crippen LogP contribution in [0.2, 0.25) is 0 Å². The van der Waals surface area contributed by atoms with Crippen LogP contribution in [-0.2, 0) is 10.0 Å². The summed E-state index contributed by atoms with van der Waals surface area (Å²) in [5.41, 5.74) is 1.18. The summed E-state index contributed by atoms with van der Waals surface area (Å²) in [4.78, 5) is 14.3. The lowest BCUT2D eigenvalue weighted by atomic mass is 10.1. The summed E-state index contributed by atoms with van der Waals surface area (Å²) in [6.45, 7) is 4.51. The highest BCUT2D eigenvalue weighted by Gasteiger charge is 2.27. The Morgan fingerprint density at radius 2 is 2.11 bits per heavy atom. The van der Waals surface area contributed by atoms with Crippen molar-refractivity contribution < 1.29 is 13.2 Å². The molecule has 1 amide bonds. The van der Waals surface area contributed by atoms with Crippen molar-refractivity contribution in [3.63, 3.8) is 0 Å². The zero-order valence-electron chi connectivity index (χ0n) is 11.1. The van der Waals surface area contributed by atoms with E-state index in [-0.39, 0.29) is 16.8 Å². The van der Waals surface area contributed by atoms with Crippen LogP contribution in [0.5, 0.6) is 0 Å². The molecule has 1 aromatic rings. The van der Waals surface area contributed by atoms with Gasteiger partial charge in [-0.25, -0.2) is 13.6 Å². The topological polar surface area (TPSA) is 80.5 Å². The fourth-order valence-electron chi connectivity index (χ4n) is 2.44. The van der Waals surface area contributed by atoms with Gasteiger partial charge in [-0.05, 0) is 50.5 Å². The van der Waals surface area contributed by atoms with Crippen molar-refractivity contribution in [3.05, 3.63) is 29.3 Å². The van der Waals surface area contributed by atoms with E-state index in [1.54, 1.807) is 13.0 Å². The van der Waals surface area contributed by atoms with E-state index in [1.807, 2.05) is 11.8 Å². The molecule has 0 aliphatic carbocycles. The molecule has 104 valence electrons. The maximum atomic E-state index is 12.4. The number of hydrogen-bond acceptors (Lipinski definition) is 3. The number of carbonyl (C=O) groups is 1. The van der Waals surface area contributed by atoms with Crippen LogP contribution in [0.25, 0.3) is 0 Å². The minimum atomic E-state index is -3.72. The maximum absolute atomic E-state index is 12.4. The first kappa shape index (κ1) is 14.0. The molecule has 0 saturated carbocycles. The lowest BCUT2D eigenvalue weighted by Crippen LogP contribution is -2.34. The van der Waals surface area contributed by atoms with Gasteiger partial charge in [0, 0.05) is 18.2 Å². The fourth-order valence-corrected chi connectivity index (χ4v) is 3.04. The fraction of sp³-hybridized carbons (Fsp3) is 0.462. The van der Waals surface area contributed by atoms with Crippen molar-refractivity contribution in [3.8, 4) is 0 Å². The highest BCUT2D eigenvalue weighted by molar-refractivity contribution is 7.89. The van der Waals surface area contributed by atoms with Gasteiger partial charge in [0.25, 0.3) is 5.91 Å². The molecule has 5 nitrogen and oxygen atoms in total. The summed E-state index contributed by atoms with van der Waals surface area (Å²) in [5, 5.41) is 5.07. The number of sulfonamides is 1. The molecular formula is C13H18N2O3S. The normalized spacial score (nSPS) is 19.7. The van der Waals surface area contributed by atoms with Gasteiger partial charge in [0.15, 0.2) is 0 Å². The second-order valence-corrected chi connectivity index (χ2v) is 6.57. The summed E-state index contributed by atoms with van der Waals surface area (Å²) >= 11 is 0. The number of aryl methyl sites for hydroxylation is 1. The predicted molar refractivity (Wildman–Crippen MR) is 72.3 cm³/mol. The first-order valence-electron chi connectivity index (χ1n) is 6.25. The van der Waals surface area contributed by atoms with E-state index in [0.717, 1.165) is 19.4 Å². The first-order valence-corrected chi connectivity index (χ1v) is 7.80. The van der Waals surface area contributed by atoms with Gasteiger partial charge in [-0.15, -0.1) is 0 Å². The molecule has 1 heterocycles. The van der Waals surface area contributed by atoms with Crippen LogP contribution < -0.4 is 5.14 Å². The third kappa shape index (κ3) is 2.79. The van der Waals surface area contributed by atoms with Crippen LogP contribution in [-0.4, -0.2) is 31.8 Å². The second-order valence-electron chi connectivity index (χ2n) is 5.01. The van der Waals surface area contributed by atoms with Crippen LogP contribution in [0.1, 0.15) is 35.7 Å². The Morgan fingerprint density at radius 1 is 1.42 bits per heavy atom. The Kier molecular flexibility index (Phi) is 3.64. The average molecular weight is 282 g/mol. The van der Waals surface area contributed by atoms with E-state index in [2.05, 4.69) is 0 Å². The summed E-state index contributed by atoms with van der Waals surface area (Å²) in [6, 6.07) is 4.62. The van der Waals surface area contributed by atoms with E-state index in [9.17, 15) is 13.2 Å². The van der Waals surface area contributed by atoms with Crippen LogP contribution in [0.3, 0.4) is 0 Å².